The van der Waals surface area contributed by atoms with Crippen molar-refractivity contribution >= 4 is 11.9 Å². The Labute approximate surface area is 185 Å². The minimum absolute atomic E-state index is 0.0359. The molecule has 2 aromatic rings. The maximum Gasteiger partial charge on any atom is 0.225 e. The Bertz CT molecular complexity index is 891. The molecule has 6 nitrogen and oxygen atoms in total. The van der Waals surface area contributed by atoms with Crippen LogP contribution in [0.1, 0.15) is 42.4 Å². The summed E-state index contributed by atoms with van der Waals surface area (Å²) in [5, 5.41) is 2.67. The number of likely N-dealkylation sites (N-methyl/N-ethyl adjacent to an activating group) is 1. The first-order chi connectivity index (χ1) is 15.0. The van der Waals surface area contributed by atoms with Gasteiger partial charge in [-0.25, -0.2) is 9.97 Å². The lowest BCUT2D eigenvalue weighted by Gasteiger charge is -2.32. The van der Waals surface area contributed by atoms with E-state index in [0.717, 1.165) is 72.3 Å². The fourth-order valence-corrected chi connectivity index (χ4v) is 4.80. The highest BCUT2D eigenvalue weighted by molar-refractivity contribution is 5.78. The first-order valence-electron chi connectivity index (χ1n) is 11.5. The van der Waals surface area contributed by atoms with Gasteiger partial charge in [-0.1, -0.05) is 6.07 Å². The van der Waals surface area contributed by atoms with E-state index >= 15 is 0 Å². The number of piperidine rings is 1. The van der Waals surface area contributed by atoms with Crippen molar-refractivity contribution in [1.29, 1.82) is 0 Å². The molecule has 0 radical (unpaired) electrons. The number of hydrogen-bond acceptors (Lipinski definition) is 5. The van der Waals surface area contributed by atoms with E-state index in [9.17, 15) is 4.79 Å². The molecule has 1 aliphatic heterocycles. The topological polar surface area (TPSA) is 67.3 Å². The number of benzene rings is 1. The zero-order valence-electron chi connectivity index (χ0n) is 18.9. The smallest absolute Gasteiger partial charge is 0.225 e. The van der Waals surface area contributed by atoms with Gasteiger partial charge in [-0.15, -0.1) is 0 Å². The summed E-state index contributed by atoms with van der Waals surface area (Å²) in [6.07, 6.45) is 9.19. The molecule has 166 valence electrons. The predicted octanol–water partition coefficient (Wildman–Crippen LogP) is 3.70. The van der Waals surface area contributed by atoms with Crippen LogP contribution in [0, 0.1) is 31.6 Å². The summed E-state index contributed by atoms with van der Waals surface area (Å²) in [6.45, 7) is 6.96. The van der Waals surface area contributed by atoms with E-state index in [4.69, 9.17) is 4.74 Å². The van der Waals surface area contributed by atoms with Gasteiger partial charge < -0.3 is 15.0 Å². The number of hydrogen-bond donors (Lipinski definition) is 1. The molecule has 2 fully saturated rings. The van der Waals surface area contributed by atoms with E-state index in [2.05, 4.69) is 20.2 Å². The minimum Gasteiger partial charge on any atom is -0.494 e. The first kappa shape index (κ1) is 21.6. The summed E-state index contributed by atoms with van der Waals surface area (Å²) >= 11 is 0. The molecule has 1 aromatic carbocycles. The highest BCUT2D eigenvalue weighted by Crippen LogP contribution is 2.49. The Morgan fingerprint density at radius 1 is 1.19 bits per heavy atom. The molecule has 1 saturated carbocycles. The largest absolute Gasteiger partial charge is 0.494 e. The Morgan fingerprint density at radius 2 is 1.94 bits per heavy atom. The summed E-state index contributed by atoms with van der Waals surface area (Å²) < 4.78 is 6.02. The number of aryl methyl sites for hydroxylation is 2. The summed E-state index contributed by atoms with van der Waals surface area (Å²) in [5.74, 6) is 4.32. The Hall–Kier alpha value is -2.63. The second kappa shape index (κ2) is 9.67. The third-order valence-electron chi connectivity index (χ3n) is 6.87. The van der Waals surface area contributed by atoms with Crippen LogP contribution in [0.25, 0.3) is 0 Å². The number of amides is 1. The van der Waals surface area contributed by atoms with Gasteiger partial charge in [-0.05, 0) is 86.1 Å². The third kappa shape index (κ3) is 5.54. The van der Waals surface area contributed by atoms with E-state index < -0.39 is 0 Å². The minimum atomic E-state index is 0.0359. The molecule has 6 heteroatoms. The SMILES string of the molecule is CNC(=O)Cc1ccc(OCCC2CC2C2CCN(c3ncc(C)cn3)CC2)cc1C. The first-order valence-corrected chi connectivity index (χ1v) is 11.5. The Kier molecular flexibility index (Phi) is 6.73. The second-order valence-electron chi connectivity index (χ2n) is 9.12. The van der Waals surface area contributed by atoms with Crippen LogP contribution in [0.15, 0.2) is 30.6 Å². The summed E-state index contributed by atoms with van der Waals surface area (Å²) in [5.41, 5.74) is 3.27. The molecular formula is C25H34N4O2. The molecule has 31 heavy (non-hydrogen) atoms. The van der Waals surface area contributed by atoms with Crippen molar-refractivity contribution in [2.45, 2.75) is 46.0 Å². The molecule has 2 unspecified atom stereocenters. The highest BCUT2D eigenvalue weighted by atomic mass is 16.5. The number of nitrogens with zero attached hydrogens (tertiary/aromatic N) is 3. The van der Waals surface area contributed by atoms with Crippen molar-refractivity contribution in [3.8, 4) is 5.75 Å². The Balaban J connectivity index is 1.17. The number of carbonyl (C=O) groups excluding carboxylic acids is 1. The highest BCUT2D eigenvalue weighted by Gasteiger charge is 2.43. The van der Waals surface area contributed by atoms with Crippen LogP contribution in [0.4, 0.5) is 5.95 Å². The molecule has 0 spiro atoms. The fraction of sp³-hybridized carbons (Fsp3) is 0.560. The average Bonchev–Trinajstić information content (AvgIpc) is 3.56. The predicted molar refractivity (Wildman–Crippen MR) is 122 cm³/mol. The van der Waals surface area contributed by atoms with E-state index in [1.165, 1.54) is 19.3 Å². The zero-order chi connectivity index (χ0) is 21.8. The lowest BCUT2D eigenvalue weighted by Crippen LogP contribution is -2.35. The van der Waals surface area contributed by atoms with Crippen LogP contribution in [0.5, 0.6) is 5.75 Å². The van der Waals surface area contributed by atoms with E-state index in [-0.39, 0.29) is 5.91 Å². The monoisotopic (exact) mass is 422 g/mol. The van der Waals surface area contributed by atoms with Crippen molar-refractivity contribution in [1.82, 2.24) is 15.3 Å². The molecule has 1 aliphatic carbocycles. The standard InChI is InChI=1S/C25H34N4O2/c1-17-15-27-25(28-16-17)29-9-6-19(7-10-29)23-13-21(23)8-11-31-22-5-4-20(18(2)12-22)14-24(30)26-3/h4-5,12,15-16,19,21,23H,6-11,13-14H2,1-3H3,(H,26,30). The van der Waals surface area contributed by atoms with Crippen LogP contribution in [0.2, 0.25) is 0 Å². The zero-order valence-corrected chi connectivity index (χ0v) is 18.9. The number of nitrogens with one attached hydrogen (secondary N) is 1. The van der Waals surface area contributed by atoms with Gasteiger partial charge in [0.2, 0.25) is 11.9 Å². The molecule has 1 N–H and O–H groups in total. The van der Waals surface area contributed by atoms with Gasteiger partial charge in [0.15, 0.2) is 0 Å². The summed E-state index contributed by atoms with van der Waals surface area (Å²) in [7, 11) is 1.67. The molecule has 1 amide bonds. The molecule has 1 saturated heterocycles. The van der Waals surface area contributed by atoms with Crippen molar-refractivity contribution in [3.63, 3.8) is 0 Å². The van der Waals surface area contributed by atoms with Gasteiger partial charge >= 0.3 is 0 Å². The van der Waals surface area contributed by atoms with Crippen LogP contribution >= 0.6 is 0 Å². The maximum absolute atomic E-state index is 11.6. The number of anilines is 1. The van der Waals surface area contributed by atoms with Crippen molar-refractivity contribution in [2.24, 2.45) is 17.8 Å². The average molecular weight is 423 g/mol. The van der Waals surface area contributed by atoms with Crippen molar-refractivity contribution < 1.29 is 9.53 Å². The number of rotatable bonds is 8. The molecule has 0 bridgehead atoms. The van der Waals surface area contributed by atoms with Crippen LogP contribution in [-0.2, 0) is 11.2 Å². The summed E-state index contributed by atoms with van der Waals surface area (Å²) in [4.78, 5) is 22.9. The number of ether oxygens (including phenoxy) is 1. The second-order valence-corrected chi connectivity index (χ2v) is 9.12. The van der Waals surface area contributed by atoms with Gasteiger partial charge in [0.05, 0.1) is 13.0 Å². The molecule has 2 aliphatic rings. The normalized spacial score (nSPS) is 21.1. The lowest BCUT2D eigenvalue weighted by molar-refractivity contribution is -0.119. The molecular weight excluding hydrogens is 388 g/mol. The van der Waals surface area contributed by atoms with Crippen LogP contribution < -0.4 is 15.0 Å². The quantitative estimate of drug-likeness (QED) is 0.703. The van der Waals surface area contributed by atoms with Crippen LogP contribution in [0.3, 0.4) is 0 Å². The van der Waals surface area contributed by atoms with Gasteiger partial charge in [0.25, 0.3) is 0 Å². The van der Waals surface area contributed by atoms with Gasteiger partial charge in [-0.3, -0.25) is 4.79 Å². The number of carbonyl (C=O) groups is 1. The number of aromatic nitrogens is 2. The third-order valence-corrected chi connectivity index (χ3v) is 6.87. The maximum atomic E-state index is 11.6. The van der Waals surface area contributed by atoms with E-state index in [0.29, 0.717) is 6.42 Å². The molecule has 2 heterocycles. The van der Waals surface area contributed by atoms with Gasteiger partial charge in [0.1, 0.15) is 5.75 Å². The fourth-order valence-electron chi connectivity index (χ4n) is 4.80. The van der Waals surface area contributed by atoms with Crippen LogP contribution in [-0.4, -0.2) is 42.6 Å². The lowest BCUT2D eigenvalue weighted by atomic mass is 9.90. The Morgan fingerprint density at radius 3 is 2.61 bits per heavy atom. The van der Waals surface area contributed by atoms with Gasteiger partial charge in [0, 0.05) is 32.5 Å². The molecule has 2 atom stereocenters. The summed E-state index contributed by atoms with van der Waals surface area (Å²) in [6, 6.07) is 6.04. The van der Waals surface area contributed by atoms with Gasteiger partial charge in [-0.2, -0.15) is 0 Å². The van der Waals surface area contributed by atoms with E-state index in [1.807, 2.05) is 44.4 Å². The van der Waals surface area contributed by atoms with E-state index in [1.54, 1.807) is 7.05 Å². The van der Waals surface area contributed by atoms with Crippen molar-refractivity contribution in [2.75, 3.05) is 31.6 Å². The molecule has 4 rings (SSSR count). The van der Waals surface area contributed by atoms with Crippen molar-refractivity contribution in [3.05, 3.63) is 47.3 Å². The molecule has 1 aromatic heterocycles.